The van der Waals surface area contributed by atoms with E-state index in [0.717, 1.165) is 19.6 Å². The van der Waals surface area contributed by atoms with Gasteiger partial charge in [0.05, 0.1) is 5.56 Å². The van der Waals surface area contributed by atoms with E-state index in [9.17, 15) is 4.39 Å². The molecule has 0 aliphatic carbocycles. The topological polar surface area (TPSA) is 41.3 Å². The fourth-order valence-corrected chi connectivity index (χ4v) is 2.88. The summed E-state index contributed by atoms with van der Waals surface area (Å²) >= 11 is 4.93. The maximum atomic E-state index is 13.8. The van der Waals surface area contributed by atoms with Crippen molar-refractivity contribution in [3.8, 4) is 0 Å². The monoisotopic (exact) mass is 295 g/mol. The molecule has 0 aromatic heterocycles. The second kappa shape index (κ2) is 6.99. The molecule has 1 fully saturated rings. The Balaban J connectivity index is 2.00. The second-order valence-electron chi connectivity index (χ2n) is 5.35. The van der Waals surface area contributed by atoms with Crippen LogP contribution in [0.5, 0.6) is 0 Å². The van der Waals surface area contributed by atoms with Crippen molar-refractivity contribution < 1.29 is 4.39 Å². The van der Waals surface area contributed by atoms with E-state index in [-0.39, 0.29) is 10.8 Å². The molecule has 3 N–H and O–H groups in total. The van der Waals surface area contributed by atoms with Crippen LogP contribution in [0.25, 0.3) is 0 Å². The van der Waals surface area contributed by atoms with Gasteiger partial charge in [0.1, 0.15) is 10.8 Å². The van der Waals surface area contributed by atoms with Crippen LogP contribution in [0, 0.1) is 5.82 Å². The van der Waals surface area contributed by atoms with E-state index in [1.807, 2.05) is 6.07 Å². The van der Waals surface area contributed by atoms with Crippen LogP contribution < -0.4 is 11.1 Å². The van der Waals surface area contributed by atoms with Gasteiger partial charge in [-0.2, -0.15) is 0 Å². The molecule has 1 unspecified atom stereocenters. The van der Waals surface area contributed by atoms with Crippen molar-refractivity contribution in [1.29, 1.82) is 0 Å². The molecule has 20 heavy (non-hydrogen) atoms. The van der Waals surface area contributed by atoms with Crippen LogP contribution >= 0.6 is 12.2 Å². The normalized spacial score (nSPS) is 17.7. The van der Waals surface area contributed by atoms with E-state index in [4.69, 9.17) is 18.0 Å². The van der Waals surface area contributed by atoms with Gasteiger partial charge in [0, 0.05) is 18.3 Å². The number of thiocarbonyl (C=S) groups is 1. The van der Waals surface area contributed by atoms with Crippen molar-refractivity contribution in [2.45, 2.75) is 32.2 Å². The molecule has 1 atom stereocenters. The van der Waals surface area contributed by atoms with Crippen molar-refractivity contribution >= 4 is 22.9 Å². The first-order valence-electron chi connectivity index (χ1n) is 7.16. The van der Waals surface area contributed by atoms with Crippen molar-refractivity contribution in [2.75, 3.05) is 25.0 Å². The summed E-state index contributed by atoms with van der Waals surface area (Å²) in [7, 11) is 0. The summed E-state index contributed by atoms with van der Waals surface area (Å²) in [6.45, 7) is 5.25. The van der Waals surface area contributed by atoms with Crippen molar-refractivity contribution in [2.24, 2.45) is 5.73 Å². The molecule has 110 valence electrons. The Hall–Kier alpha value is -1.20. The number of nitrogens with two attached hydrogens (primary N) is 1. The van der Waals surface area contributed by atoms with E-state index in [0.29, 0.717) is 17.3 Å². The largest absolute Gasteiger partial charge is 0.389 e. The molecule has 2 rings (SSSR count). The van der Waals surface area contributed by atoms with Gasteiger partial charge in [0.2, 0.25) is 0 Å². The third-order valence-electron chi connectivity index (χ3n) is 3.86. The van der Waals surface area contributed by atoms with Crippen LogP contribution in [0.15, 0.2) is 18.2 Å². The second-order valence-corrected chi connectivity index (χ2v) is 5.79. The van der Waals surface area contributed by atoms with Crippen molar-refractivity contribution in [3.05, 3.63) is 29.6 Å². The summed E-state index contributed by atoms with van der Waals surface area (Å²) in [5.41, 5.74) is 6.60. The highest BCUT2D eigenvalue weighted by Crippen LogP contribution is 2.19. The zero-order valence-corrected chi connectivity index (χ0v) is 12.7. The van der Waals surface area contributed by atoms with E-state index < -0.39 is 0 Å². The molecule has 0 amide bonds. The maximum absolute atomic E-state index is 13.8. The van der Waals surface area contributed by atoms with E-state index in [2.05, 4.69) is 17.1 Å². The molecule has 1 aliphatic rings. The lowest BCUT2D eigenvalue weighted by atomic mass is 10.1. The van der Waals surface area contributed by atoms with Gasteiger partial charge in [-0.3, -0.25) is 4.90 Å². The highest BCUT2D eigenvalue weighted by molar-refractivity contribution is 7.80. The Morgan fingerprint density at radius 2 is 2.10 bits per heavy atom. The fourth-order valence-electron chi connectivity index (χ4n) is 2.67. The number of likely N-dealkylation sites (tertiary alicyclic amines) is 1. The third-order valence-corrected chi connectivity index (χ3v) is 4.07. The number of halogens is 1. The van der Waals surface area contributed by atoms with E-state index >= 15 is 0 Å². The minimum Gasteiger partial charge on any atom is -0.389 e. The predicted molar refractivity (Wildman–Crippen MR) is 85.7 cm³/mol. The van der Waals surface area contributed by atoms with Crippen LogP contribution in [-0.4, -0.2) is 35.6 Å². The maximum Gasteiger partial charge on any atom is 0.135 e. The molecule has 5 heteroatoms. The summed E-state index contributed by atoms with van der Waals surface area (Å²) < 4.78 is 13.8. The summed E-state index contributed by atoms with van der Waals surface area (Å²) in [6.07, 6.45) is 3.86. The molecule has 0 saturated carbocycles. The number of rotatable bonds is 5. The highest BCUT2D eigenvalue weighted by atomic mass is 32.1. The van der Waals surface area contributed by atoms with E-state index in [1.165, 1.54) is 25.3 Å². The minimum absolute atomic E-state index is 0.0937. The van der Waals surface area contributed by atoms with Crippen LogP contribution in [0.2, 0.25) is 0 Å². The van der Waals surface area contributed by atoms with Crippen molar-refractivity contribution in [3.63, 3.8) is 0 Å². The van der Waals surface area contributed by atoms with Gasteiger partial charge in [-0.05, 0) is 45.0 Å². The van der Waals surface area contributed by atoms with E-state index in [1.54, 1.807) is 6.07 Å². The number of benzene rings is 1. The third kappa shape index (κ3) is 3.67. The lowest BCUT2D eigenvalue weighted by Crippen LogP contribution is -2.41. The van der Waals surface area contributed by atoms with Crippen LogP contribution in [-0.2, 0) is 0 Å². The SMILES string of the molecule is CC(CNc1cccc(F)c1C(N)=S)N1CCCCC1. The van der Waals surface area contributed by atoms with Crippen LogP contribution in [0.1, 0.15) is 31.7 Å². The first-order valence-corrected chi connectivity index (χ1v) is 7.56. The van der Waals surface area contributed by atoms with Gasteiger partial charge in [-0.15, -0.1) is 0 Å². The predicted octanol–water partition coefficient (Wildman–Crippen LogP) is 2.75. The number of nitrogens with one attached hydrogen (secondary N) is 1. The lowest BCUT2D eigenvalue weighted by molar-refractivity contribution is 0.180. The number of nitrogens with zero attached hydrogens (tertiary/aromatic N) is 1. The molecule has 1 saturated heterocycles. The summed E-state index contributed by atoms with van der Waals surface area (Å²) in [5, 5.41) is 3.28. The minimum atomic E-state index is -0.367. The van der Waals surface area contributed by atoms with Gasteiger partial charge >= 0.3 is 0 Å². The molecule has 0 radical (unpaired) electrons. The van der Waals surface area contributed by atoms with Crippen molar-refractivity contribution in [1.82, 2.24) is 4.90 Å². The quantitative estimate of drug-likeness (QED) is 0.820. The number of piperidine rings is 1. The molecule has 1 aromatic rings. The molecular formula is C15H22FN3S. The molecule has 0 bridgehead atoms. The zero-order chi connectivity index (χ0) is 14.5. The Morgan fingerprint density at radius 3 is 2.75 bits per heavy atom. The molecule has 1 aromatic carbocycles. The Bertz CT molecular complexity index is 472. The lowest BCUT2D eigenvalue weighted by Gasteiger charge is -2.32. The Kier molecular flexibility index (Phi) is 5.31. The van der Waals surface area contributed by atoms with Crippen LogP contribution in [0.3, 0.4) is 0 Å². The Morgan fingerprint density at radius 1 is 1.40 bits per heavy atom. The Labute approximate surface area is 125 Å². The number of anilines is 1. The summed E-state index contributed by atoms with van der Waals surface area (Å²) in [5.74, 6) is -0.367. The standard InChI is InChI=1S/C15H22FN3S/c1-11(19-8-3-2-4-9-19)10-18-13-7-5-6-12(16)14(13)15(17)20/h5-7,11,18H,2-4,8-10H2,1H3,(H2,17,20). The van der Waals surface area contributed by atoms with Crippen LogP contribution in [0.4, 0.5) is 10.1 Å². The first-order chi connectivity index (χ1) is 9.59. The first kappa shape index (κ1) is 15.2. The number of hydrogen-bond acceptors (Lipinski definition) is 3. The van der Waals surface area contributed by atoms with Gasteiger partial charge in [0.15, 0.2) is 0 Å². The molecule has 3 nitrogen and oxygen atoms in total. The molecular weight excluding hydrogens is 273 g/mol. The highest BCUT2D eigenvalue weighted by Gasteiger charge is 2.17. The molecule has 0 spiro atoms. The van der Waals surface area contributed by atoms with Gasteiger partial charge in [-0.1, -0.05) is 24.7 Å². The van der Waals surface area contributed by atoms with Gasteiger partial charge in [-0.25, -0.2) is 4.39 Å². The van der Waals surface area contributed by atoms with Gasteiger partial charge < -0.3 is 11.1 Å². The average Bonchev–Trinajstić information content (AvgIpc) is 2.45. The average molecular weight is 295 g/mol. The molecule has 1 heterocycles. The smallest absolute Gasteiger partial charge is 0.135 e. The number of hydrogen-bond donors (Lipinski definition) is 2. The summed E-state index contributed by atoms with van der Waals surface area (Å²) in [4.78, 5) is 2.56. The fraction of sp³-hybridized carbons (Fsp3) is 0.533. The van der Waals surface area contributed by atoms with Gasteiger partial charge in [0.25, 0.3) is 0 Å². The summed E-state index contributed by atoms with van der Waals surface area (Å²) in [6, 6.07) is 5.29. The molecule has 1 aliphatic heterocycles. The zero-order valence-electron chi connectivity index (χ0n) is 11.9.